The Morgan fingerprint density at radius 2 is 1.75 bits per heavy atom. The minimum absolute atomic E-state index is 0.464. The molecule has 3 heteroatoms. The molecule has 1 aliphatic rings. The number of rotatable bonds is 5. The highest BCUT2D eigenvalue weighted by atomic mass is 32.2. The fourth-order valence-electron chi connectivity index (χ4n) is 1.87. The lowest BCUT2D eigenvalue weighted by atomic mass is 10.1. The molecule has 104 valence electrons. The van der Waals surface area contributed by atoms with Crippen LogP contribution in [0.2, 0.25) is 0 Å². The lowest BCUT2D eigenvalue weighted by Crippen LogP contribution is -1.89. The van der Waals surface area contributed by atoms with Crippen molar-refractivity contribution < 1.29 is 9.47 Å². The van der Waals surface area contributed by atoms with Crippen LogP contribution in [-0.2, 0) is 4.74 Å². The normalized spacial score (nSPS) is 17.0. The van der Waals surface area contributed by atoms with Gasteiger partial charge in [-0.1, -0.05) is 6.07 Å². The Morgan fingerprint density at radius 3 is 2.40 bits per heavy atom. The second kappa shape index (κ2) is 5.90. The number of aryl methyl sites for hydroxylation is 2. The fourth-order valence-corrected chi connectivity index (χ4v) is 2.77. The van der Waals surface area contributed by atoms with E-state index in [4.69, 9.17) is 9.47 Å². The predicted octanol–water partition coefficient (Wildman–Crippen LogP) is 4.59. The smallest absolute Gasteiger partial charge is 0.127 e. The van der Waals surface area contributed by atoms with Crippen LogP contribution in [0.15, 0.2) is 47.4 Å². The van der Waals surface area contributed by atoms with Crippen LogP contribution >= 0.6 is 11.8 Å². The Hall–Kier alpha value is -1.45. The van der Waals surface area contributed by atoms with E-state index >= 15 is 0 Å². The Kier molecular flexibility index (Phi) is 3.99. The molecule has 0 spiro atoms. The van der Waals surface area contributed by atoms with Crippen molar-refractivity contribution in [1.29, 1.82) is 0 Å². The standard InChI is InChI=1S/C17H18O2S/c1-12-3-4-15(9-13(12)2)19-14-5-7-17(8-6-14)20-11-16-10-18-16/h3-9,16H,10-11H2,1-2H3. The summed E-state index contributed by atoms with van der Waals surface area (Å²) in [6, 6.07) is 14.4. The van der Waals surface area contributed by atoms with Crippen LogP contribution in [-0.4, -0.2) is 18.5 Å². The molecule has 0 amide bonds. The molecule has 1 aliphatic heterocycles. The van der Waals surface area contributed by atoms with E-state index < -0.39 is 0 Å². The lowest BCUT2D eigenvalue weighted by molar-refractivity contribution is 0.426. The Labute approximate surface area is 124 Å². The number of ether oxygens (including phenoxy) is 2. The van der Waals surface area contributed by atoms with E-state index in [-0.39, 0.29) is 0 Å². The van der Waals surface area contributed by atoms with Gasteiger partial charge in [-0.2, -0.15) is 0 Å². The molecular weight excluding hydrogens is 268 g/mol. The summed E-state index contributed by atoms with van der Waals surface area (Å²) in [7, 11) is 0. The Morgan fingerprint density at radius 1 is 1.05 bits per heavy atom. The molecule has 3 rings (SSSR count). The van der Waals surface area contributed by atoms with Crippen molar-refractivity contribution in [2.45, 2.75) is 24.8 Å². The Balaban J connectivity index is 1.62. The van der Waals surface area contributed by atoms with Gasteiger partial charge in [-0.05, 0) is 61.4 Å². The van der Waals surface area contributed by atoms with Crippen molar-refractivity contribution in [3.8, 4) is 11.5 Å². The Bertz CT molecular complexity index is 588. The molecule has 1 fully saturated rings. The van der Waals surface area contributed by atoms with E-state index in [9.17, 15) is 0 Å². The molecule has 0 aromatic heterocycles. The third-order valence-electron chi connectivity index (χ3n) is 3.38. The van der Waals surface area contributed by atoms with E-state index in [1.165, 1.54) is 16.0 Å². The SMILES string of the molecule is Cc1ccc(Oc2ccc(SCC3CO3)cc2)cc1C. The van der Waals surface area contributed by atoms with Crippen molar-refractivity contribution in [1.82, 2.24) is 0 Å². The average molecular weight is 286 g/mol. The summed E-state index contributed by atoms with van der Waals surface area (Å²) in [6.07, 6.45) is 0.464. The molecule has 1 heterocycles. The predicted molar refractivity (Wildman–Crippen MR) is 82.9 cm³/mol. The number of epoxide rings is 1. The molecule has 20 heavy (non-hydrogen) atoms. The average Bonchev–Trinajstić information content (AvgIpc) is 3.26. The zero-order valence-electron chi connectivity index (χ0n) is 11.8. The largest absolute Gasteiger partial charge is 0.457 e. The van der Waals surface area contributed by atoms with Crippen LogP contribution in [0, 0.1) is 13.8 Å². The van der Waals surface area contributed by atoms with Gasteiger partial charge in [-0.15, -0.1) is 11.8 Å². The summed E-state index contributed by atoms with van der Waals surface area (Å²) >= 11 is 1.83. The molecule has 0 N–H and O–H groups in total. The summed E-state index contributed by atoms with van der Waals surface area (Å²) in [6.45, 7) is 5.12. The van der Waals surface area contributed by atoms with Crippen LogP contribution in [0.5, 0.6) is 11.5 Å². The minimum atomic E-state index is 0.464. The van der Waals surface area contributed by atoms with Gasteiger partial charge in [0.15, 0.2) is 0 Å². The maximum Gasteiger partial charge on any atom is 0.127 e. The second-order valence-corrected chi connectivity index (χ2v) is 6.18. The van der Waals surface area contributed by atoms with Crippen LogP contribution in [0.3, 0.4) is 0 Å². The molecule has 0 saturated carbocycles. The monoisotopic (exact) mass is 286 g/mol. The summed E-state index contributed by atoms with van der Waals surface area (Å²) < 4.78 is 11.1. The van der Waals surface area contributed by atoms with Crippen molar-refractivity contribution in [3.05, 3.63) is 53.6 Å². The maximum absolute atomic E-state index is 5.87. The van der Waals surface area contributed by atoms with Gasteiger partial charge in [0.2, 0.25) is 0 Å². The van der Waals surface area contributed by atoms with Crippen LogP contribution in [0.1, 0.15) is 11.1 Å². The van der Waals surface area contributed by atoms with Gasteiger partial charge in [0.1, 0.15) is 11.5 Å². The van der Waals surface area contributed by atoms with E-state index in [1.807, 2.05) is 30.0 Å². The molecule has 2 aromatic rings. The van der Waals surface area contributed by atoms with Gasteiger partial charge in [0, 0.05) is 10.6 Å². The first-order valence-corrected chi connectivity index (χ1v) is 7.79. The highest BCUT2D eigenvalue weighted by Gasteiger charge is 2.22. The van der Waals surface area contributed by atoms with E-state index in [2.05, 4.69) is 38.1 Å². The lowest BCUT2D eigenvalue weighted by Gasteiger charge is -2.08. The molecule has 0 radical (unpaired) electrons. The van der Waals surface area contributed by atoms with Crippen molar-refractivity contribution in [2.24, 2.45) is 0 Å². The minimum Gasteiger partial charge on any atom is -0.457 e. The maximum atomic E-state index is 5.87. The highest BCUT2D eigenvalue weighted by molar-refractivity contribution is 7.99. The zero-order chi connectivity index (χ0) is 13.9. The quantitative estimate of drug-likeness (QED) is 0.593. The summed E-state index contributed by atoms with van der Waals surface area (Å²) in [4.78, 5) is 1.26. The molecule has 0 bridgehead atoms. The van der Waals surface area contributed by atoms with Gasteiger partial charge in [0.05, 0.1) is 12.7 Å². The molecule has 0 aliphatic carbocycles. The molecule has 1 unspecified atom stereocenters. The number of thioether (sulfide) groups is 1. The second-order valence-electron chi connectivity index (χ2n) is 5.09. The van der Waals surface area contributed by atoms with Crippen molar-refractivity contribution >= 4 is 11.8 Å². The molecular formula is C17H18O2S. The van der Waals surface area contributed by atoms with Gasteiger partial charge in [-0.3, -0.25) is 0 Å². The third kappa shape index (κ3) is 3.56. The van der Waals surface area contributed by atoms with Crippen molar-refractivity contribution in [3.63, 3.8) is 0 Å². The van der Waals surface area contributed by atoms with E-state index in [0.29, 0.717) is 6.10 Å². The summed E-state index contributed by atoms with van der Waals surface area (Å²) in [5.41, 5.74) is 2.53. The third-order valence-corrected chi connectivity index (χ3v) is 4.52. The van der Waals surface area contributed by atoms with E-state index in [1.54, 1.807) is 0 Å². The van der Waals surface area contributed by atoms with Crippen LogP contribution in [0.25, 0.3) is 0 Å². The van der Waals surface area contributed by atoms with Gasteiger partial charge in [-0.25, -0.2) is 0 Å². The van der Waals surface area contributed by atoms with Gasteiger partial charge >= 0.3 is 0 Å². The molecule has 2 aromatic carbocycles. The molecule has 2 nitrogen and oxygen atoms in total. The number of hydrogen-bond acceptors (Lipinski definition) is 3. The first-order valence-electron chi connectivity index (χ1n) is 6.80. The van der Waals surface area contributed by atoms with E-state index in [0.717, 1.165) is 23.9 Å². The van der Waals surface area contributed by atoms with Crippen LogP contribution < -0.4 is 4.74 Å². The molecule has 1 saturated heterocycles. The number of hydrogen-bond donors (Lipinski definition) is 0. The molecule has 1 atom stereocenters. The first kappa shape index (κ1) is 13.5. The fraction of sp³-hybridized carbons (Fsp3) is 0.294. The van der Waals surface area contributed by atoms with Crippen LogP contribution in [0.4, 0.5) is 0 Å². The van der Waals surface area contributed by atoms with Gasteiger partial charge < -0.3 is 9.47 Å². The zero-order valence-corrected chi connectivity index (χ0v) is 12.6. The van der Waals surface area contributed by atoms with Gasteiger partial charge in [0.25, 0.3) is 0 Å². The topological polar surface area (TPSA) is 21.8 Å². The van der Waals surface area contributed by atoms with Crippen molar-refractivity contribution in [2.75, 3.05) is 12.4 Å². The summed E-state index contributed by atoms with van der Waals surface area (Å²) in [5, 5.41) is 0. The summed E-state index contributed by atoms with van der Waals surface area (Å²) in [5.74, 6) is 2.80. The number of benzene rings is 2. The highest BCUT2D eigenvalue weighted by Crippen LogP contribution is 2.28. The first-order chi connectivity index (χ1) is 9.70.